The molecule has 2 amide bonds. The molecule has 0 atom stereocenters. The minimum Gasteiger partial charge on any atom is -0.465 e. The van der Waals surface area contributed by atoms with Crippen LogP contribution in [0.15, 0.2) is 29.6 Å². The van der Waals surface area contributed by atoms with Gasteiger partial charge in [-0.2, -0.15) is 0 Å². The smallest absolute Gasteiger partial charge is 0.404 e. The molecule has 8 heteroatoms. The molecule has 1 aromatic heterocycles. The molecule has 2 rings (SSSR count). The SMILES string of the molecule is CN(C)c1cccc(-c2csc(NC(=O)CCNC(=O)O)n2)c1. The monoisotopic (exact) mass is 334 g/mol. The van der Waals surface area contributed by atoms with Crippen molar-refractivity contribution < 1.29 is 14.7 Å². The molecule has 7 nitrogen and oxygen atoms in total. The van der Waals surface area contributed by atoms with E-state index in [2.05, 4.69) is 15.6 Å². The van der Waals surface area contributed by atoms with E-state index in [-0.39, 0.29) is 18.9 Å². The fourth-order valence-corrected chi connectivity index (χ4v) is 2.61. The fraction of sp³-hybridized carbons (Fsp3) is 0.267. The summed E-state index contributed by atoms with van der Waals surface area (Å²) in [5.74, 6) is -0.276. The van der Waals surface area contributed by atoms with Crippen molar-refractivity contribution >= 4 is 34.2 Å². The van der Waals surface area contributed by atoms with Gasteiger partial charge in [0.2, 0.25) is 5.91 Å². The van der Waals surface area contributed by atoms with Gasteiger partial charge in [-0.3, -0.25) is 4.79 Å². The number of rotatable bonds is 6. The minimum atomic E-state index is -1.14. The fourth-order valence-electron chi connectivity index (χ4n) is 1.87. The van der Waals surface area contributed by atoms with E-state index in [4.69, 9.17) is 5.11 Å². The Morgan fingerprint density at radius 3 is 2.83 bits per heavy atom. The Labute approximate surface area is 138 Å². The number of nitrogens with one attached hydrogen (secondary N) is 2. The van der Waals surface area contributed by atoms with Crippen LogP contribution in [-0.2, 0) is 4.79 Å². The molecule has 0 unspecified atom stereocenters. The molecule has 1 heterocycles. The van der Waals surface area contributed by atoms with Gasteiger partial charge in [-0.15, -0.1) is 11.3 Å². The summed E-state index contributed by atoms with van der Waals surface area (Å²) < 4.78 is 0. The summed E-state index contributed by atoms with van der Waals surface area (Å²) in [5.41, 5.74) is 2.83. The highest BCUT2D eigenvalue weighted by Gasteiger charge is 2.09. The van der Waals surface area contributed by atoms with Crippen LogP contribution in [0.4, 0.5) is 15.6 Å². The van der Waals surface area contributed by atoms with Gasteiger partial charge in [0.05, 0.1) is 5.69 Å². The van der Waals surface area contributed by atoms with Gasteiger partial charge in [-0.25, -0.2) is 9.78 Å². The normalized spacial score (nSPS) is 10.2. The Kier molecular flexibility index (Phi) is 5.53. The average molecular weight is 334 g/mol. The second-order valence-corrected chi connectivity index (χ2v) is 5.87. The number of aromatic nitrogens is 1. The van der Waals surface area contributed by atoms with Crippen LogP contribution in [0, 0.1) is 0 Å². The van der Waals surface area contributed by atoms with Crippen molar-refractivity contribution in [3.05, 3.63) is 29.6 Å². The van der Waals surface area contributed by atoms with Crippen molar-refractivity contribution in [1.29, 1.82) is 0 Å². The molecule has 0 radical (unpaired) electrons. The predicted molar refractivity (Wildman–Crippen MR) is 91.2 cm³/mol. The molecule has 122 valence electrons. The molecule has 0 aliphatic rings. The Morgan fingerprint density at radius 2 is 2.13 bits per heavy atom. The van der Waals surface area contributed by atoms with Crippen molar-refractivity contribution in [2.75, 3.05) is 30.9 Å². The molecule has 2 aromatic rings. The molecule has 0 aliphatic heterocycles. The number of carboxylic acid groups (broad SMARTS) is 1. The molecule has 0 bridgehead atoms. The first-order chi connectivity index (χ1) is 11.0. The van der Waals surface area contributed by atoms with Crippen LogP contribution in [0.3, 0.4) is 0 Å². The zero-order valence-electron chi connectivity index (χ0n) is 12.9. The maximum absolute atomic E-state index is 11.7. The summed E-state index contributed by atoms with van der Waals surface area (Å²) >= 11 is 1.33. The molecule has 0 aliphatic carbocycles. The Morgan fingerprint density at radius 1 is 1.35 bits per heavy atom. The van der Waals surface area contributed by atoms with E-state index >= 15 is 0 Å². The number of hydrogen-bond acceptors (Lipinski definition) is 5. The molecular formula is C15H18N4O3S. The van der Waals surface area contributed by atoms with Crippen molar-refractivity contribution in [3.8, 4) is 11.3 Å². The third kappa shape index (κ3) is 4.96. The Hall–Kier alpha value is -2.61. The second kappa shape index (κ2) is 7.59. The maximum Gasteiger partial charge on any atom is 0.404 e. The highest BCUT2D eigenvalue weighted by atomic mass is 32.1. The van der Waals surface area contributed by atoms with E-state index in [1.807, 2.05) is 48.6 Å². The van der Waals surface area contributed by atoms with Gasteiger partial charge in [0.25, 0.3) is 0 Å². The lowest BCUT2D eigenvalue weighted by Crippen LogP contribution is -2.25. The third-order valence-electron chi connectivity index (χ3n) is 3.04. The van der Waals surface area contributed by atoms with Gasteiger partial charge in [0, 0.05) is 43.7 Å². The summed E-state index contributed by atoms with van der Waals surface area (Å²) in [6, 6.07) is 7.95. The van der Waals surface area contributed by atoms with Crippen LogP contribution in [0.2, 0.25) is 0 Å². The van der Waals surface area contributed by atoms with Gasteiger partial charge in [-0.1, -0.05) is 12.1 Å². The van der Waals surface area contributed by atoms with Crippen molar-refractivity contribution in [3.63, 3.8) is 0 Å². The standard InChI is InChI=1S/C15H18N4O3S/c1-19(2)11-5-3-4-10(8-11)12-9-23-14(17-12)18-13(20)6-7-16-15(21)22/h3-5,8-9,16H,6-7H2,1-2H3,(H,21,22)(H,17,18,20). The summed E-state index contributed by atoms with van der Waals surface area (Å²) in [4.78, 5) is 28.4. The highest BCUT2D eigenvalue weighted by molar-refractivity contribution is 7.14. The van der Waals surface area contributed by atoms with Gasteiger partial charge in [0.1, 0.15) is 0 Å². The van der Waals surface area contributed by atoms with E-state index in [0.717, 1.165) is 16.9 Å². The molecule has 3 N–H and O–H groups in total. The van der Waals surface area contributed by atoms with E-state index in [9.17, 15) is 9.59 Å². The van der Waals surface area contributed by atoms with Gasteiger partial charge < -0.3 is 20.6 Å². The van der Waals surface area contributed by atoms with Gasteiger partial charge in [0.15, 0.2) is 5.13 Å². The number of carbonyl (C=O) groups is 2. The lowest BCUT2D eigenvalue weighted by molar-refractivity contribution is -0.116. The number of hydrogen-bond donors (Lipinski definition) is 3. The van der Waals surface area contributed by atoms with Gasteiger partial charge >= 0.3 is 6.09 Å². The predicted octanol–water partition coefficient (Wildman–Crippen LogP) is 2.47. The first-order valence-corrected chi connectivity index (χ1v) is 7.83. The molecule has 23 heavy (non-hydrogen) atoms. The maximum atomic E-state index is 11.7. The van der Waals surface area contributed by atoms with Crippen LogP contribution in [0.5, 0.6) is 0 Å². The molecule has 0 saturated carbocycles. The number of nitrogens with zero attached hydrogens (tertiary/aromatic N) is 2. The lowest BCUT2D eigenvalue weighted by atomic mass is 10.1. The second-order valence-electron chi connectivity index (χ2n) is 5.01. The number of carbonyl (C=O) groups excluding carboxylic acids is 1. The molecular weight excluding hydrogens is 316 g/mol. The quantitative estimate of drug-likeness (QED) is 0.754. The summed E-state index contributed by atoms with van der Waals surface area (Å²) in [6.07, 6.45) is -1.08. The van der Waals surface area contributed by atoms with Crippen LogP contribution in [-0.4, -0.2) is 42.7 Å². The highest BCUT2D eigenvalue weighted by Crippen LogP contribution is 2.27. The van der Waals surface area contributed by atoms with Crippen molar-refractivity contribution in [1.82, 2.24) is 10.3 Å². The molecule has 1 aromatic carbocycles. The summed E-state index contributed by atoms with van der Waals surface area (Å²) in [6.45, 7) is 0.0737. The molecule has 0 saturated heterocycles. The van der Waals surface area contributed by atoms with Crippen LogP contribution >= 0.6 is 11.3 Å². The van der Waals surface area contributed by atoms with E-state index in [1.165, 1.54) is 11.3 Å². The minimum absolute atomic E-state index is 0.0668. The van der Waals surface area contributed by atoms with E-state index < -0.39 is 6.09 Å². The van der Waals surface area contributed by atoms with Crippen molar-refractivity contribution in [2.24, 2.45) is 0 Å². The summed E-state index contributed by atoms with van der Waals surface area (Å²) in [7, 11) is 3.94. The van der Waals surface area contributed by atoms with Crippen LogP contribution in [0.1, 0.15) is 6.42 Å². The first kappa shape index (κ1) is 16.8. The largest absolute Gasteiger partial charge is 0.465 e. The van der Waals surface area contributed by atoms with Crippen molar-refractivity contribution in [2.45, 2.75) is 6.42 Å². The topological polar surface area (TPSA) is 94.6 Å². The zero-order chi connectivity index (χ0) is 16.8. The zero-order valence-corrected chi connectivity index (χ0v) is 13.7. The average Bonchev–Trinajstić information content (AvgIpc) is 2.95. The van der Waals surface area contributed by atoms with E-state index in [1.54, 1.807) is 0 Å². The number of amides is 2. The van der Waals surface area contributed by atoms with Crippen LogP contribution < -0.4 is 15.5 Å². The lowest BCUT2D eigenvalue weighted by Gasteiger charge is -2.12. The number of thiazole rings is 1. The number of benzene rings is 1. The number of anilines is 2. The van der Waals surface area contributed by atoms with E-state index in [0.29, 0.717) is 5.13 Å². The summed E-state index contributed by atoms with van der Waals surface area (Å²) in [5, 5.41) is 15.6. The Balaban J connectivity index is 1.99. The Bertz CT molecular complexity index is 700. The molecule has 0 fully saturated rings. The molecule has 0 spiro atoms. The third-order valence-corrected chi connectivity index (χ3v) is 3.79. The first-order valence-electron chi connectivity index (χ1n) is 6.95. The van der Waals surface area contributed by atoms with Gasteiger partial charge in [-0.05, 0) is 12.1 Å². The van der Waals surface area contributed by atoms with Crippen LogP contribution in [0.25, 0.3) is 11.3 Å².